The molecule has 134 valence electrons. The van der Waals surface area contributed by atoms with Crippen molar-refractivity contribution in [2.24, 2.45) is 0 Å². The summed E-state index contributed by atoms with van der Waals surface area (Å²) >= 11 is 6.05. The molecule has 0 aliphatic carbocycles. The van der Waals surface area contributed by atoms with Crippen molar-refractivity contribution in [1.82, 2.24) is 5.32 Å². The van der Waals surface area contributed by atoms with Gasteiger partial charge in [-0.25, -0.2) is 0 Å². The number of halogens is 1. The Morgan fingerprint density at radius 3 is 2.56 bits per heavy atom. The van der Waals surface area contributed by atoms with Gasteiger partial charge < -0.3 is 14.8 Å². The third-order valence-electron chi connectivity index (χ3n) is 3.82. The molecule has 0 aliphatic rings. The van der Waals surface area contributed by atoms with Gasteiger partial charge in [0.1, 0.15) is 18.1 Å². The van der Waals surface area contributed by atoms with Crippen LogP contribution in [0.2, 0.25) is 5.02 Å². The summed E-state index contributed by atoms with van der Waals surface area (Å²) in [7, 11) is 0. The van der Waals surface area contributed by atoms with Crippen LogP contribution >= 0.6 is 11.6 Å². The van der Waals surface area contributed by atoms with Crippen LogP contribution in [0.3, 0.4) is 0 Å². The maximum atomic E-state index is 12.1. The fourth-order valence-electron chi connectivity index (χ4n) is 2.33. The molecule has 1 atom stereocenters. The highest BCUT2D eigenvalue weighted by Crippen LogP contribution is 2.22. The van der Waals surface area contributed by atoms with Crippen molar-refractivity contribution >= 4 is 17.5 Å². The Balaban J connectivity index is 1.76. The zero-order chi connectivity index (χ0) is 18.4. The van der Waals surface area contributed by atoms with E-state index in [1.165, 1.54) is 0 Å². The monoisotopic (exact) mass is 361 g/mol. The molecule has 0 spiro atoms. The largest absolute Gasteiger partial charge is 0.492 e. The van der Waals surface area contributed by atoms with Crippen LogP contribution in [0, 0.1) is 20.8 Å². The molecule has 4 nitrogen and oxygen atoms in total. The zero-order valence-electron chi connectivity index (χ0n) is 15.1. The van der Waals surface area contributed by atoms with Crippen molar-refractivity contribution in [2.75, 3.05) is 13.2 Å². The lowest BCUT2D eigenvalue weighted by Gasteiger charge is -2.16. The van der Waals surface area contributed by atoms with Gasteiger partial charge in [-0.05, 0) is 57.0 Å². The van der Waals surface area contributed by atoms with E-state index in [1.54, 1.807) is 13.0 Å². The number of carbonyl (C=O) groups is 1. The first kappa shape index (κ1) is 19.1. The average molecular weight is 362 g/mol. The molecule has 0 unspecified atom stereocenters. The second-order valence-corrected chi connectivity index (χ2v) is 6.49. The Kier molecular flexibility index (Phi) is 6.71. The van der Waals surface area contributed by atoms with Crippen LogP contribution < -0.4 is 14.8 Å². The third kappa shape index (κ3) is 5.68. The van der Waals surface area contributed by atoms with E-state index in [0.717, 1.165) is 22.4 Å². The van der Waals surface area contributed by atoms with Gasteiger partial charge in [0.05, 0.1) is 6.54 Å². The smallest absolute Gasteiger partial charge is 0.260 e. The normalized spacial score (nSPS) is 11.7. The third-order valence-corrected chi connectivity index (χ3v) is 4.22. The molecule has 0 bridgehead atoms. The topological polar surface area (TPSA) is 47.6 Å². The molecule has 0 heterocycles. The van der Waals surface area contributed by atoms with Crippen LogP contribution in [0.25, 0.3) is 0 Å². The van der Waals surface area contributed by atoms with Crippen LogP contribution in [0.4, 0.5) is 0 Å². The summed E-state index contributed by atoms with van der Waals surface area (Å²) in [6.45, 7) is 8.41. The quantitative estimate of drug-likeness (QED) is 0.751. The van der Waals surface area contributed by atoms with Gasteiger partial charge >= 0.3 is 0 Å². The van der Waals surface area contributed by atoms with E-state index in [-0.39, 0.29) is 5.91 Å². The molecule has 1 amide bonds. The number of rotatable bonds is 7. The number of amides is 1. The summed E-state index contributed by atoms with van der Waals surface area (Å²) < 4.78 is 11.3. The molecule has 0 fully saturated rings. The Bertz CT molecular complexity index is 746. The fraction of sp³-hybridized carbons (Fsp3) is 0.350. The molecule has 0 radical (unpaired) electrons. The molecular weight excluding hydrogens is 338 g/mol. The van der Waals surface area contributed by atoms with E-state index in [0.29, 0.717) is 23.9 Å². The molecule has 5 heteroatoms. The summed E-state index contributed by atoms with van der Waals surface area (Å²) in [6.07, 6.45) is -0.574. The number of hydrogen-bond acceptors (Lipinski definition) is 3. The number of ether oxygens (including phenoxy) is 2. The molecule has 1 N–H and O–H groups in total. The standard InChI is InChI=1S/C20H24ClNO3/c1-13-5-8-19(15(3)11-13)25-16(4)20(23)22-9-10-24-17-7-6-14(2)18(21)12-17/h5-8,11-12,16H,9-10H2,1-4H3,(H,22,23)/t16-/m0/s1. The lowest BCUT2D eigenvalue weighted by molar-refractivity contribution is -0.127. The Labute approximate surface area is 154 Å². The summed E-state index contributed by atoms with van der Waals surface area (Å²) in [4.78, 5) is 12.1. The maximum absolute atomic E-state index is 12.1. The van der Waals surface area contributed by atoms with Crippen molar-refractivity contribution in [3.8, 4) is 11.5 Å². The molecule has 25 heavy (non-hydrogen) atoms. The number of carbonyl (C=O) groups excluding carboxylic acids is 1. The van der Waals surface area contributed by atoms with Gasteiger partial charge in [-0.15, -0.1) is 0 Å². The van der Waals surface area contributed by atoms with Crippen molar-refractivity contribution in [3.63, 3.8) is 0 Å². The lowest BCUT2D eigenvalue weighted by Crippen LogP contribution is -2.38. The van der Waals surface area contributed by atoms with E-state index >= 15 is 0 Å². The molecular formula is C20H24ClNO3. The van der Waals surface area contributed by atoms with Crippen LogP contribution in [0.5, 0.6) is 11.5 Å². The van der Waals surface area contributed by atoms with Crippen molar-refractivity contribution < 1.29 is 14.3 Å². The number of nitrogens with one attached hydrogen (secondary N) is 1. The first-order chi connectivity index (χ1) is 11.9. The minimum atomic E-state index is -0.574. The van der Waals surface area contributed by atoms with E-state index in [9.17, 15) is 4.79 Å². The van der Waals surface area contributed by atoms with Crippen LogP contribution in [-0.2, 0) is 4.79 Å². The SMILES string of the molecule is Cc1ccc(O[C@@H](C)C(=O)NCCOc2ccc(C)c(Cl)c2)c(C)c1. The first-order valence-electron chi connectivity index (χ1n) is 8.27. The number of benzene rings is 2. The van der Waals surface area contributed by atoms with Gasteiger partial charge in [0, 0.05) is 5.02 Å². The Hall–Kier alpha value is -2.20. The van der Waals surface area contributed by atoms with E-state index in [2.05, 4.69) is 5.32 Å². The van der Waals surface area contributed by atoms with E-state index in [4.69, 9.17) is 21.1 Å². The summed E-state index contributed by atoms with van der Waals surface area (Å²) in [5.74, 6) is 1.23. The molecule has 0 aliphatic heterocycles. The summed E-state index contributed by atoms with van der Waals surface area (Å²) in [6, 6.07) is 11.4. The highest BCUT2D eigenvalue weighted by Gasteiger charge is 2.15. The van der Waals surface area contributed by atoms with Crippen molar-refractivity contribution in [1.29, 1.82) is 0 Å². The highest BCUT2D eigenvalue weighted by atomic mass is 35.5. The maximum Gasteiger partial charge on any atom is 0.260 e. The highest BCUT2D eigenvalue weighted by molar-refractivity contribution is 6.31. The Morgan fingerprint density at radius 2 is 1.88 bits per heavy atom. The van der Waals surface area contributed by atoms with Crippen LogP contribution in [0.1, 0.15) is 23.6 Å². The van der Waals surface area contributed by atoms with Gasteiger partial charge in [-0.2, -0.15) is 0 Å². The average Bonchev–Trinajstić information content (AvgIpc) is 2.57. The fourth-order valence-corrected chi connectivity index (χ4v) is 2.50. The van der Waals surface area contributed by atoms with Gasteiger partial charge in [-0.3, -0.25) is 4.79 Å². The summed E-state index contributed by atoms with van der Waals surface area (Å²) in [5, 5.41) is 3.47. The summed E-state index contributed by atoms with van der Waals surface area (Å²) in [5.41, 5.74) is 3.18. The Morgan fingerprint density at radius 1 is 1.12 bits per heavy atom. The predicted molar refractivity (Wildman–Crippen MR) is 101 cm³/mol. The molecule has 0 aromatic heterocycles. The molecule has 2 aromatic rings. The molecule has 0 saturated heterocycles. The van der Waals surface area contributed by atoms with Crippen molar-refractivity contribution in [2.45, 2.75) is 33.8 Å². The molecule has 2 rings (SSSR count). The van der Waals surface area contributed by atoms with Crippen molar-refractivity contribution in [3.05, 3.63) is 58.1 Å². The second-order valence-electron chi connectivity index (χ2n) is 6.08. The predicted octanol–water partition coefficient (Wildman–Crippen LogP) is 4.23. The second kappa shape index (κ2) is 8.77. The van der Waals surface area contributed by atoms with Gasteiger partial charge in [0.25, 0.3) is 5.91 Å². The lowest BCUT2D eigenvalue weighted by atomic mass is 10.1. The number of aryl methyl sites for hydroxylation is 3. The van der Waals surface area contributed by atoms with E-state index < -0.39 is 6.10 Å². The minimum Gasteiger partial charge on any atom is -0.492 e. The van der Waals surface area contributed by atoms with Gasteiger partial charge in [-0.1, -0.05) is 35.4 Å². The van der Waals surface area contributed by atoms with Crippen LogP contribution in [0.15, 0.2) is 36.4 Å². The van der Waals surface area contributed by atoms with Gasteiger partial charge in [0.15, 0.2) is 6.10 Å². The van der Waals surface area contributed by atoms with Gasteiger partial charge in [0.2, 0.25) is 0 Å². The van der Waals surface area contributed by atoms with Crippen LogP contribution in [-0.4, -0.2) is 25.2 Å². The van der Waals surface area contributed by atoms with E-state index in [1.807, 2.05) is 51.1 Å². The minimum absolute atomic E-state index is 0.175. The molecule has 0 saturated carbocycles. The molecule has 2 aromatic carbocycles. The number of hydrogen-bond donors (Lipinski definition) is 1. The first-order valence-corrected chi connectivity index (χ1v) is 8.65. The zero-order valence-corrected chi connectivity index (χ0v) is 15.8.